The summed E-state index contributed by atoms with van der Waals surface area (Å²) < 4.78 is 7.58. The molecule has 0 aliphatic carbocycles. The minimum atomic E-state index is 0.0138. The molecule has 3 aromatic heterocycles. The molecule has 176 valence electrons. The van der Waals surface area contributed by atoms with Gasteiger partial charge in [0.25, 0.3) is 0 Å². The third-order valence-electron chi connectivity index (χ3n) is 6.03. The Balaban J connectivity index is 1.91. The van der Waals surface area contributed by atoms with Crippen molar-refractivity contribution in [1.82, 2.24) is 4.98 Å². The van der Waals surface area contributed by atoms with Crippen LogP contribution in [0.4, 0.5) is 0 Å². The molecule has 3 nitrogen and oxygen atoms in total. The fraction of sp³-hybridized carbons (Fsp3) is 0.300. The average molecular weight is 472 g/mol. The van der Waals surface area contributed by atoms with Crippen molar-refractivity contribution < 1.29 is 9.52 Å². The number of pyridine rings is 1. The number of rotatable bonds is 6. The van der Waals surface area contributed by atoms with Crippen LogP contribution < -0.4 is 0 Å². The van der Waals surface area contributed by atoms with E-state index in [2.05, 4.69) is 64.8 Å². The highest BCUT2D eigenvalue weighted by atomic mass is 32.1. The van der Waals surface area contributed by atoms with Crippen LogP contribution >= 0.6 is 11.3 Å². The van der Waals surface area contributed by atoms with Crippen molar-refractivity contribution in [2.24, 2.45) is 5.92 Å². The van der Waals surface area contributed by atoms with E-state index in [9.17, 15) is 5.11 Å². The van der Waals surface area contributed by atoms with E-state index < -0.39 is 0 Å². The molecule has 0 bridgehead atoms. The molecule has 0 unspecified atom stereocenters. The SMILES string of the molecule is C=Cc1c(/C=C/C(CC(C)C)=C(/C)O)oc2ccnc(-c3cc(C(C)(C)C)c4sccc4c3)c12. The van der Waals surface area contributed by atoms with Gasteiger partial charge in [-0.25, -0.2) is 0 Å². The molecule has 0 fully saturated rings. The van der Waals surface area contributed by atoms with E-state index in [1.165, 1.54) is 15.6 Å². The molecule has 0 atom stereocenters. The molecule has 34 heavy (non-hydrogen) atoms. The lowest BCUT2D eigenvalue weighted by molar-refractivity contribution is 0.403. The number of hydrogen-bond donors (Lipinski definition) is 1. The Hall–Kier alpha value is -3.11. The third kappa shape index (κ3) is 4.60. The number of aliphatic hydroxyl groups excluding tert-OH is 1. The Bertz CT molecular complexity index is 1420. The summed E-state index contributed by atoms with van der Waals surface area (Å²) in [5, 5.41) is 14.5. The Morgan fingerprint density at radius 3 is 2.65 bits per heavy atom. The van der Waals surface area contributed by atoms with Crippen LogP contribution in [0.5, 0.6) is 0 Å². The first kappa shape index (κ1) is 24.0. The lowest BCUT2D eigenvalue weighted by Gasteiger charge is -2.21. The molecule has 0 spiro atoms. The van der Waals surface area contributed by atoms with E-state index in [1.54, 1.807) is 24.5 Å². The van der Waals surface area contributed by atoms with Crippen molar-refractivity contribution in [2.45, 2.75) is 53.4 Å². The fourth-order valence-corrected chi connectivity index (χ4v) is 5.47. The molecule has 4 heteroatoms. The number of fused-ring (bicyclic) bond motifs is 2. The van der Waals surface area contributed by atoms with E-state index in [1.807, 2.05) is 24.3 Å². The van der Waals surface area contributed by atoms with Crippen LogP contribution in [0.15, 0.2) is 64.2 Å². The molecule has 1 aromatic carbocycles. The third-order valence-corrected chi connectivity index (χ3v) is 7.00. The number of aromatic nitrogens is 1. The van der Waals surface area contributed by atoms with E-state index in [4.69, 9.17) is 9.40 Å². The maximum atomic E-state index is 10.1. The maximum absolute atomic E-state index is 10.1. The quantitative estimate of drug-likeness (QED) is 0.225. The summed E-state index contributed by atoms with van der Waals surface area (Å²) in [7, 11) is 0. The largest absolute Gasteiger partial charge is 0.512 e. The first-order chi connectivity index (χ1) is 16.1. The van der Waals surface area contributed by atoms with Crippen LogP contribution in [0.3, 0.4) is 0 Å². The molecule has 4 aromatic rings. The molecule has 3 heterocycles. The molecule has 0 radical (unpaired) electrons. The Morgan fingerprint density at radius 2 is 2.00 bits per heavy atom. The van der Waals surface area contributed by atoms with Crippen LogP contribution in [0, 0.1) is 5.92 Å². The van der Waals surface area contributed by atoms with Gasteiger partial charge in [-0.3, -0.25) is 4.98 Å². The monoisotopic (exact) mass is 471 g/mol. The summed E-state index contributed by atoms with van der Waals surface area (Å²) >= 11 is 1.79. The number of benzene rings is 1. The Kier molecular flexibility index (Phi) is 6.55. The molecule has 0 aliphatic rings. The number of furan rings is 1. The van der Waals surface area contributed by atoms with Gasteiger partial charge in [0.1, 0.15) is 11.3 Å². The van der Waals surface area contributed by atoms with Crippen LogP contribution in [0.25, 0.3) is 44.5 Å². The molecule has 1 N–H and O–H groups in total. The highest BCUT2D eigenvalue weighted by Crippen LogP contribution is 2.40. The van der Waals surface area contributed by atoms with Gasteiger partial charge in [0.05, 0.1) is 16.8 Å². The first-order valence-corrected chi connectivity index (χ1v) is 12.6. The number of aliphatic hydroxyl groups is 1. The highest BCUT2D eigenvalue weighted by Gasteiger charge is 2.22. The van der Waals surface area contributed by atoms with Crippen molar-refractivity contribution in [3.63, 3.8) is 0 Å². The number of allylic oxidation sites excluding steroid dienone is 3. The predicted octanol–water partition coefficient (Wildman–Crippen LogP) is 9.54. The second-order valence-corrected chi connectivity index (χ2v) is 11.2. The van der Waals surface area contributed by atoms with Crippen LogP contribution in [-0.4, -0.2) is 10.1 Å². The van der Waals surface area contributed by atoms with Gasteiger partial charge in [-0.05, 0) is 76.9 Å². The van der Waals surface area contributed by atoms with Crippen molar-refractivity contribution in [3.05, 3.63) is 76.7 Å². The van der Waals surface area contributed by atoms with Crippen LogP contribution in [0.2, 0.25) is 0 Å². The summed E-state index contributed by atoms with van der Waals surface area (Å²) in [4.78, 5) is 4.80. The maximum Gasteiger partial charge on any atom is 0.139 e. The number of nitrogens with zero attached hydrogens (tertiary/aromatic N) is 1. The van der Waals surface area contributed by atoms with E-state index in [0.29, 0.717) is 11.7 Å². The molecular weight excluding hydrogens is 438 g/mol. The van der Waals surface area contributed by atoms with Crippen molar-refractivity contribution >= 4 is 44.5 Å². The standard InChI is InChI=1S/C30H33NO2S/c1-8-23-25(10-9-20(19(4)32)15-18(2)3)33-26-11-13-31-28(27(23)26)22-16-21-12-14-34-29(21)24(17-22)30(5,6)7/h8-14,16-18,32H,1,15H2,2-7H3/b10-9+,20-19+. The zero-order chi connectivity index (χ0) is 24.6. The number of hydrogen-bond acceptors (Lipinski definition) is 4. The van der Waals surface area contributed by atoms with Gasteiger partial charge in [-0.2, -0.15) is 0 Å². The summed E-state index contributed by atoms with van der Waals surface area (Å²) in [5.74, 6) is 1.49. The molecule has 4 rings (SSSR count). The van der Waals surface area contributed by atoms with Crippen LogP contribution in [0.1, 0.15) is 64.9 Å². The lowest BCUT2D eigenvalue weighted by Crippen LogP contribution is -2.11. The lowest BCUT2D eigenvalue weighted by atomic mass is 9.84. The smallest absolute Gasteiger partial charge is 0.139 e. The fourth-order valence-electron chi connectivity index (χ4n) is 4.36. The topological polar surface area (TPSA) is 46.3 Å². The normalized spacial score (nSPS) is 13.4. The van der Waals surface area contributed by atoms with Crippen molar-refractivity contribution in [3.8, 4) is 11.3 Å². The second-order valence-electron chi connectivity index (χ2n) is 10.3. The van der Waals surface area contributed by atoms with Crippen LogP contribution in [-0.2, 0) is 5.41 Å². The summed E-state index contributed by atoms with van der Waals surface area (Å²) in [5.41, 5.74) is 5.90. The Morgan fingerprint density at radius 1 is 1.24 bits per heavy atom. The van der Waals surface area contributed by atoms with Gasteiger partial charge in [-0.15, -0.1) is 11.3 Å². The molecule has 0 saturated heterocycles. The summed E-state index contributed by atoms with van der Waals surface area (Å²) in [6.07, 6.45) is 8.31. The van der Waals surface area contributed by atoms with Gasteiger partial charge in [0.15, 0.2) is 0 Å². The second kappa shape index (κ2) is 9.27. The van der Waals surface area contributed by atoms with Crippen molar-refractivity contribution in [2.75, 3.05) is 0 Å². The van der Waals surface area contributed by atoms with E-state index in [-0.39, 0.29) is 5.41 Å². The Labute approximate surface area is 206 Å². The average Bonchev–Trinajstić information content (AvgIpc) is 3.38. The van der Waals surface area contributed by atoms with Gasteiger partial charge >= 0.3 is 0 Å². The van der Waals surface area contributed by atoms with E-state index in [0.717, 1.165) is 45.5 Å². The van der Waals surface area contributed by atoms with E-state index >= 15 is 0 Å². The molecule has 0 aliphatic heterocycles. The summed E-state index contributed by atoms with van der Waals surface area (Å²) in [6.45, 7) is 16.8. The van der Waals surface area contributed by atoms with Gasteiger partial charge in [-0.1, -0.05) is 53.3 Å². The number of thiophene rings is 1. The zero-order valence-electron chi connectivity index (χ0n) is 20.9. The minimum absolute atomic E-state index is 0.0138. The van der Waals surface area contributed by atoms with Gasteiger partial charge in [0, 0.05) is 22.0 Å². The molecule has 0 amide bonds. The predicted molar refractivity (Wildman–Crippen MR) is 147 cm³/mol. The molecular formula is C30H33NO2S. The zero-order valence-corrected chi connectivity index (χ0v) is 21.7. The molecule has 0 saturated carbocycles. The highest BCUT2D eigenvalue weighted by molar-refractivity contribution is 7.17. The van der Waals surface area contributed by atoms with Gasteiger partial charge in [0.2, 0.25) is 0 Å². The van der Waals surface area contributed by atoms with Gasteiger partial charge < -0.3 is 9.52 Å². The minimum Gasteiger partial charge on any atom is -0.512 e. The van der Waals surface area contributed by atoms with Crippen molar-refractivity contribution in [1.29, 1.82) is 0 Å². The first-order valence-electron chi connectivity index (χ1n) is 11.7. The summed E-state index contributed by atoms with van der Waals surface area (Å²) in [6, 6.07) is 8.57.